The molecule has 0 bridgehead atoms. The van der Waals surface area contributed by atoms with E-state index in [0.717, 1.165) is 81.8 Å². The number of piperazine rings is 1. The lowest BCUT2D eigenvalue weighted by atomic mass is 10.0. The number of aryl methyl sites for hydroxylation is 2. The number of benzene rings is 2. The Hall–Kier alpha value is -2.97. The number of nitrogens with one attached hydrogen (secondary N) is 1. The third kappa shape index (κ3) is 3.88. The van der Waals surface area contributed by atoms with Gasteiger partial charge >= 0.3 is 0 Å². The first-order valence-corrected chi connectivity index (χ1v) is 11.0. The van der Waals surface area contributed by atoms with Crippen molar-refractivity contribution >= 4 is 16.6 Å². The number of nitriles is 1. The van der Waals surface area contributed by atoms with Crippen LogP contribution in [0.1, 0.15) is 29.5 Å². The molecule has 3 aromatic rings. The lowest BCUT2D eigenvalue weighted by molar-refractivity contribution is 0.255. The number of fused-ring (bicyclic) bond motifs is 2. The van der Waals surface area contributed by atoms with Crippen molar-refractivity contribution in [3.63, 3.8) is 0 Å². The van der Waals surface area contributed by atoms with Gasteiger partial charge in [0.25, 0.3) is 0 Å². The minimum absolute atomic E-state index is 0.730. The molecule has 1 aromatic heterocycles. The average molecular weight is 401 g/mol. The van der Waals surface area contributed by atoms with Crippen molar-refractivity contribution in [1.29, 1.82) is 5.26 Å². The van der Waals surface area contributed by atoms with Crippen molar-refractivity contribution in [1.82, 2.24) is 9.88 Å². The normalized spacial score (nSPS) is 16.8. The van der Waals surface area contributed by atoms with E-state index in [-0.39, 0.29) is 0 Å². The van der Waals surface area contributed by atoms with Crippen molar-refractivity contribution < 1.29 is 4.74 Å². The van der Waals surface area contributed by atoms with Crippen LogP contribution in [-0.4, -0.2) is 49.2 Å². The molecule has 0 saturated carbocycles. The molecule has 1 saturated heterocycles. The van der Waals surface area contributed by atoms with E-state index in [1.807, 2.05) is 18.2 Å². The Balaban J connectivity index is 1.13. The second-order valence-corrected chi connectivity index (χ2v) is 8.36. The minimum atomic E-state index is 0.730. The van der Waals surface area contributed by atoms with Crippen molar-refractivity contribution in [3.8, 4) is 11.8 Å². The Kier molecular flexibility index (Phi) is 5.33. The Morgan fingerprint density at radius 2 is 1.97 bits per heavy atom. The third-order valence-corrected chi connectivity index (χ3v) is 6.45. The molecule has 30 heavy (non-hydrogen) atoms. The highest BCUT2D eigenvalue weighted by atomic mass is 16.5. The fourth-order valence-electron chi connectivity index (χ4n) is 4.72. The van der Waals surface area contributed by atoms with E-state index in [4.69, 9.17) is 10.00 Å². The monoisotopic (exact) mass is 400 g/mol. The lowest BCUT2D eigenvalue weighted by Crippen LogP contribution is -2.46. The smallest absolute Gasteiger partial charge is 0.122 e. The Labute approximate surface area is 177 Å². The van der Waals surface area contributed by atoms with Gasteiger partial charge in [-0.15, -0.1) is 0 Å². The molecule has 5 heteroatoms. The highest BCUT2D eigenvalue weighted by Gasteiger charge is 2.19. The summed E-state index contributed by atoms with van der Waals surface area (Å²) < 4.78 is 5.75. The van der Waals surface area contributed by atoms with Crippen molar-refractivity contribution in [2.45, 2.75) is 25.7 Å². The number of hydrogen-bond acceptors (Lipinski definition) is 4. The number of hydrogen-bond donors (Lipinski definition) is 1. The van der Waals surface area contributed by atoms with Crippen LogP contribution in [0.5, 0.6) is 5.75 Å². The minimum Gasteiger partial charge on any atom is -0.493 e. The molecule has 0 atom stereocenters. The van der Waals surface area contributed by atoms with E-state index in [1.165, 1.54) is 22.2 Å². The molecule has 2 aliphatic heterocycles. The first-order chi connectivity index (χ1) is 14.8. The van der Waals surface area contributed by atoms with Crippen LogP contribution in [0.3, 0.4) is 0 Å². The maximum Gasteiger partial charge on any atom is 0.122 e. The van der Waals surface area contributed by atoms with E-state index in [9.17, 15) is 0 Å². The van der Waals surface area contributed by atoms with Crippen molar-refractivity contribution in [2.75, 3.05) is 44.2 Å². The van der Waals surface area contributed by atoms with Crippen LogP contribution in [0.4, 0.5) is 5.69 Å². The molecular formula is C25H28N4O. The largest absolute Gasteiger partial charge is 0.493 e. The van der Waals surface area contributed by atoms with Crippen LogP contribution >= 0.6 is 0 Å². The highest BCUT2D eigenvalue weighted by Crippen LogP contribution is 2.29. The predicted molar refractivity (Wildman–Crippen MR) is 120 cm³/mol. The van der Waals surface area contributed by atoms with Gasteiger partial charge in [-0.2, -0.15) is 5.26 Å². The summed E-state index contributed by atoms with van der Waals surface area (Å²) in [7, 11) is 0. The van der Waals surface area contributed by atoms with Crippen LogP contribution in [0.2, 0.25) is 0 Å². The summed E-state index contributed by atoms with van der Waals surface area (Å²) in [5.41, 5.74) is 5.86. The summed E-state index contributed by atoms with van der Waals surface area (Å²) >= 11 is 0. The molecule has 0 radical (unpaired) electrons. The molecule has 0 spiro atoms. The zero-order valence-corrected chi connectivity index (χ0v) is 17.4. The van der Waals surface area contributed by atoms with Crippen LogP contribution in [0.15, 0.2) is 42.6 Å². The van der Waals surface area contributed by atoms with Gasteiger partial charge in [-0.25, -0.2) is 0 Å². The lowest BCUT2D eigenvalue weighted by Gasteiger charge is -2.36. The number of nitrogens with zero attached hydrogens (tertiary/aromatic N) is 3. The van der Waals surface area contributed by atoms with Gasteiger partial charge in [0.15, 0.2) is 0 Å². The van der Waals surface area contributed by atoms with Crippen molar-refractivity contribution in [2.24, 2.45) is 0 Å². The number of rotatable bonds is 5. The molecule has 5 rings (SSSR count). The van der Waals surface area contributed by atoms with Crippen molar-refractivity contribution in [3.05, 3.63) is 59.3 Å². The van der Waals surface area contributed by atoms with E-state index < -0.39 is 0 Å². The predicted octanol–water partition coefficient (Wildman–Crippen LogP) is 4.12. The van der Waals surface area contributed by atoms with Gasteiger partial charge in [-0.05, 0) is 79.8 Å². The second kappa shape index (κ2) is 8.41. The highest BCUT2D eigenvalue weighted by molar-refractivity contribution is 5.84. The standard InChI is InChI=1S/C25H28N4O/c26-17-19-5-7-24-23(15-19)21(18-27-24)3-1-9-28-10-12-29(13-11-28)22-6-8-25-20(16-22)4-2-14-30-25/h5-8,15-16,18,27H,1-4,9-14H2. The molecule has 5 nitrogen and oxygen atoms in total. The van der Waals surface area contributed by atoms with Gasteiger partial charge in [0.2, 0.25) is 0 Å². The summed E-state index contributed by atoms with van der Waals surface area (Å²) in [6.45, 7) is 6.36. The van der Waals surface area contributed by atoms with Gasteiger partial charge in [-0.1, -0.05) is 0 Å². The van der Waals surface area contributed by atoms with Crippen LogP contribution in [-0.2, 0) is 12.8 Å². The van der Waals surface area contributed by atoms with E-state index in [2.05, 4.69) is 45.2 Å². The first-order valence-electron chi connectivity index (χ1n) is 11.0. The number of H-pyrrole nitrogens is 1. The summed E-state index contributed by atoms with van der Waals surface area (Å²) in [6.07, 6.45) is 6.54. The van der Waals surface area contributed by atoms with E-state index >= 15 is 0 Å². The zero-order chi connectivity index (χ0) is 20.3. The topological polar surface area (TPSA) is 55.3 Å². The summed E-state index contributed by atoms with van der Waals surface area (Å²) in [5, 5.41) is 10.3. The molecule has 0 amide bonds. The average Bonchev–Trinajstić information content (AvgIpc) is 3.21. The number of aromatic nitrogens is 1. The first kappa shape index (κ1) is 19.0. The molecule has 1 N–H and O–H groups in total. The Bertz CT molecular complexity index is 1070. The molecule has 0 unspecified atom stereocenters. The van der Waals surface area contributed by atoms with Gasteiger partial charge in [0, 0.05) is 49.0 Å². The fraction of sp³-hybridized carbons (Fsp3) is 0.400. The molecule has 3 heterocycles. The van der Waals surface area contributed by atoms with Gasteiger partial charge in [0.1, 0.15) is 5.75 Å². The summed E-state index contributed by atoms with van der Waals surface area (Å²) in [6, 6.07) is 14.8. The van der Waals surface area contributed by atoms with Crippen LogP contribution < -0.4 is 9.64 Å². The van der Waals surface area contributed by atoms with Gasteiger partial charge in [-0.3, -0.25) is 4.90 Å². The SMILES string of the molecule is N#Cc1ccc2[nH]cc(CCCN3CCN(c4ccc5c(c4)CCCO5)CC3)c2c1. The van der Waals surface area contributed by atoms with Gasteiger partial charge < -0.3 is 14.6 Å². The molecule has 154 valence electrons. The zero-order valence-electron chi connectivity index (χ0n) is 17.4. The van der Waals surface area contributed by atoms with Crippen LogP contribution in [0.25, 0.3) is 10.9 Å². The Morgan fingerprint density at radius 3 is 2.83 bits per heavy atom. The molecular weight excluding hydrogens is 372 g/mol. The van der Waals surface area contributed by atoms with Gasteiger partial charge in [0.05, 0.1) is 18.2 Å². The third-order valence-electron chi connectivity index (χ3n) is 6.45. The quantitative estimate of drug-likeness (QED) is 0.700. The second-order valence-electron chi connectivity index (χ2n) is 8.36. The fourth-order valence-corrected chi connectivity index (χ4v) is 4.72. The molecule has 2 aromatic carbocycles. The molecule has 1 fully saturated rings. The maximum absolute atomic E-state index is 9.16. The maximum atomic E-state index is 9.16. The number of aromatic amines is 1. The van der Waals surface area contributed by atoms with E-state index in [0.29, 0.717) is 0 Å². The molecule has 2 aliphatic rings. The number of anilines is 1. The van der Waals surface area contributed by atoms with Crippen LogP contribution in [0, 0.1) is 11.3 Å². The number of ether oxygens (including phenoxy) is 1. The summed E-state index contributed by atoms with van der Waals surface area (Å²) in [4.78, 5) is 8.42. The summed E-state index contributed by atoms with van der Waals surface area (Å²) in [5.74, 6) is 1.07. The van der Waals surface area contributed by atoms with E-state index in [1.54, 1.807) is 0 Å². The molecule has 0 aliphatic carbocycles. The Morgan fingerprint density at radius 1 is 1.07 bits per heavy atom.